The largest absolute Gasteiger partial charge is 0.395 e. The molecule has 0 heterocycles. The lowest BCUT2D eigenvalue weighted by Crippen LogP contribution is -2.56. The molecule has 0 radical (unpaired) electrons. The van der Waals surface area contributed by atoms with Crippen molar-refractivity contribution in [3.8, 4) is 0 Å². The number of nitrogens with zero attached hydrogens (tertiary/aromatic N) is 1. The van der Waals surface area contributed by atoms with Crippen LogP contribution in [0.3, 0.4) is 0 Å². The molecule has 1 rings (SSSR count). The first kappa shape index (κ1) is 14.5. The van der Waals surface area contributed by atoms with Gasteiger partial charge in [0, 0.05) is 12.6 Å². The number of carbonyl (C=O) groups is 1. The van der Waals surface area contributed by atoms with Gasteiger partial charge in [0.2, 0.25) is 5.91 Å². The van der Waals surface area contributed by atoms with Crippen LogP contribution in [0.25, 0.3) is 0 Å². The van der Waals surface area contributed by atoms with Gasteiger partial charge in [0.1, 0.15) is 0 Å². The Bertz CT molecular complexity index is 248. The fourth-order valence-corrected chi connectivity index (χ4v) is 2.43. The molecule has 100 valence electrons. The summed E-state index contributed by atoms with van der Waals surface area (Å²) >= 11 is 0. The molecule has 0 aliphatic heterocycles. The molecule has 1 unspecified atom stereocenters. The summed E-state index contributed by atoms with van der Waals surface area (Å²) < 4.78 is 0. The highest BCUT2D eigenvalue weighted by molar-refractivity contribution is 5.85. The van der Waals surface area contributed by atoms with Crippen LogP contribution in [0.5, 0.6) is 0 Å². The second-order valence-electron chi connectivity index (χ2n) is 5.29. The van der Waals surface area contributed by atoms with Crippen molar-refractivity contribution in [2.75, 3.05) is 13.2 Å². The molecule has 17 heavy (non-hydrogen) atoms. The normalized spacial score (nSPS) is 20.9. The molecule has 4 nitrogen and oxygen atoms in total. The van der Waals surface area contributed by atoms with Gasteiger partial charge in [0.05, 0.1) is 12.1 Å². The summed E-state index contributed by atoms with van der Waals surface area (Å²) in [5, 5.41) is 9.12. The van der Waals surface area contributed by atoms with E-state index in [0.29, 0.717) is 13.0 Å². The van der Waals surface area contributed by atoms with Crippen molar-refractivity contribution in [2.45, 2.75) is 64.0 Å². The quantitative estimate of drug-likeness (QED) is 0.763. The topological polar surface area (TPSA) is 66.6 Å². The summed E-state index contributed by atoms with van der Waals surface area (Å²) in [6.07, 6.45) is 6.32. The summed E-state index contributed by atoms with van der Waals surface area (Å²) in [6.45, 7) is 4.14. The van der Waals surface area contributed by atoms with Gasteiger partial charge in [0.15, 0.2) is 0 Å². The lowest BCUT2D eigenvalue weighted by Gasteiger charge is -2.38. The van der Waals surface area contributed by atoms with Crippen LogP contribution in [0.2, 0.25) is 0 Å². The Morgan fingerprint density at radius 2 is 2.00 bits per heavy atom. The number of amides is 1. The van der Waals surface area contributed by atoms with Crippen molar-refractivity contribution in [3.63, 3.8) is 0 Å². The van der Waals surface area contributed by atoms with Gasteiger partial charge in [-0.25, -0.2) is 0 Å². The SMILES string of the molecule is CCC(C)(N)C(=O)N(CCO)C1CCCCC1. The van der Waals surface area contributed by atoms with E-state index < -0.39 is 5.54 Å². The molecule has 0 aromatic rings. The van der Waals surface area contributed by atoms with Crippen molar-refractivity contribution in [2.24, 2.45) is 5.73 Å². The average Bonchev–Trinajstić information content (AvgIpc) is 2.36. The lowest BCUT2D eigenvalue weighted by molar-refractivity contribution is -0.140. The van der Waals surface area contributed by atoms with Gasteiger partial charge in [-0.2, -0.15) is 0 Å². The van der Waals surface area contributed by atoms with Gasteiger partial charge < -0.3 is 15.7 Å². The molecular weight excluding hydrogens is 216 g/mol. The first-order valence-electron chi connectivity index (χ1n) is 6.73. The highest BCUT2D eigenvalue weighted by Gasteiger charge is 2.34. The maximum Gasteiger partial charge on any atom is 0.242 e. The van der Waals surface area contributed by atoms with Gasteiger partial charge >= 0.3 is 0 Å². The van der Waals surface area contributed by atoms with Crippen molar-refractivity contribution in [1.29, 1.82) is 0 Å². The molecule has 1 atom stereocenters. The van der Waals surface area contributed by atoms with Gasteiger partial charge in [-0.05, 0) is 26.2 Å². The van der Waals surface area contributed by atoms with Gasteiger partial charge in [-0.15, -0.1) is 0 Å². The van der Waals surface area contributed by atoms with Crippen LogP contribution in [0.1, 0.15) is 52.4 Å². The van der Waals surface area contributed by atoms with E-state index in [9.17, 15) is 4.79 Å². The predicted molar refractivity (Wildman–Crippen MR) is 68.6 cm³/mol. The Kier molecular flexibility index (Phi) is 5.40. The molecule has 1 aliphatic rings. The zero-order chi connectivity index (χ0) is 12.9. The lowest BCUT2D eigenvalue weighted by atomic mass is 9.91. The van der Waals surface area contributed by atoms with Gasteiger partial charge in [-0.3, -0.25) is 4.79 Å². The van der Waals surface area contributed by atoms with E-state index >= 15 is 0 Å². The third-order valence-corrected chi connectivity index (χ3v) is 3.84. The molecular formula is C13H26N2O2. The monoisotopic (exact) mass is 242 g/mol. The van der Waals surface area contributed by atoms with Crippen molar-refractivity contribution in [3.05, 3.63) is 0 Å². The number of rotatable bonds is 5. The van der Waals surface area contributed by atoms with E-state index in [1.54, 1.807) is 6.92 Å². The minimum atomic E-state index is -0.799. The number of aliphatic hydroxyl groups is 1. The zero-order valence-corrected chi connectivity index (χ0v) is 11.1. The first-order valence-corrected chi connectivity index (χ1v) is 6.73. The van der Waals surface area contributed by atoms with E-state index in [1.165, 1.54) is 19.3 Å². The van der Waals surface area contributed by atoms with Crippen molar-refractivity contribution < 1.29 is 9.90 Å². The summed E-state index contributed by atoms with van der Waals surface area (Å²) in [6, 6.07) is 0.276. The number of hydrogen-bond donors (Lipinski definition) is 2. The van der Waals surface area contributed by atoms with Crippen LogP contribution >= 0.6 is 0 Å². The molecule has 4 heteroatoms. The fraction of sp³-hybridized carbons (Fsp3) is 0.923. The summed E-state index contributed by atoms with van der Waals surface area (Å²) in [5.41, 5.74) is 5.23. The van der Waals surface area contributed by atoms with E-state index in [2.05, 4.69) is 0 Å². The van der Waals surface area contributed by atoms with Crippen LogP contribution < -0.4 is 5.73 Å². The number of aliphatic hydroxyl groups excluding tert-OH is 1. The number of nitrogens with two attached hydrogens (primary N) is 1. The second kappa shape index (κ2) is 6.36. The molecule has 1 fully saturated rings. The molecule has 1 amide bonds. The minimum absolute atomic E-state index is 0.0130. The summed E-state index contributed by atoms with van der Waals surface area (Å²) in [5.74, 6) is -0.0130. The molecule has 0 saturated heterocycles. The molecule has 0 aromatic carbocycles. The Labute approximate surface area is 104 Å². The average molecular weight is 242 g/mol. The molecule has 0 bridgehead atoms. The smallest absolute Gasteiger partial charge is 0.242 e. The van der Waals surface area contributed by atoms with Crippen LogP contribution in [-0.2, 0) is 4.79 Å². The van der Waals surface area contributed by atoms with Crippen LogP contribution in [0, 0.1) is 0 Å². The standard InChI is InChI=1S/C13H26N2O2/c1-3-13(2,14)12(17)15(9-10-16)11-7-5-4-6-8-11/h11,16H,3-10,14H2,1-2H3. The third-order valence-electron chi connectivity index (χ3n) is 3.84. The van der Waals surface area contributed by atoms with E-state index in [-0.39, 0.29) is 18.6 Å². The second-order valence-corrected chi connectivity index (χ2v) is 5.29. The van der Waals surface area contributed by atoms with Gasteiger partial charge in [-0.1, -0.05) is 26.2 Å². The molecule has 0 aromatic heterocycles. The molecule has 1 aliphatic carbocycles. The maximum atomic E-state index is 12.4. The van der Waals surface area contributed by atoms with Crippen molar-refractivity contribution in [1.82, 2.24) is 4.90 Å². The van der Waals surface area contributed by atoms with E-state index in [0.717, 1.165) is 12.8 Å². The Balaban J connectivity index is 2.73. The van der Waals surface area contributed by atoms with Gasteiger partial charge in [0.25, 0.3) is 0 Å². The molecule has 1 saturated carbocycles. The Morgan fingerprint density at radius 3 is 2.47 bits per heavy atom. The first-order chi connectivity index (χ1) is 8.03. The summed E-state index contributed by atoms with van der Waals surface area (Å²) in [7, 11) is 0. The Hall–Kier alpha value is -0.610. The van der Waals surface area contributed by atoms with Crippen molar-refractivity contribution >= 4 is 5.91 Å². The highest BCUT2D eigenvalue weighted by Crippen LogP contribution is 2.24. The minimum Gasteiger partial charge on any atom is -0.395 e. The van der Waals surface area contributed by atoms with E-state index in [1.807, 2.05) is 11.8 Å². The maximum absolute atomic E-state index is 12.4. The van der Waals surface area contributed by atoms with Crippen LogP contribution in [0.15, 0.2) is 0 Å². The number of hydrogen-bond acceptors (Lipinski definition) is 3. The molecule has 0 spiro atoms. The summed E-state index contributed by atoms with van der Waals surface area (Å²) in [4.78, 5) is 14.2. The van der Waals surface area contributed by atoms with Crippen LogP contribution in [0.4, 0.5) is 0 Å². The fourth-order valence-electron chi connectivity index (χ4n) is 2.43. The predicted octanol–water partition coefficient (Wildman–Crippen LogP) is 1.27. The number of carbonyl (C=O) groups excluding carboxylic acids is 1. The third kappa shape index (κ3) is 3.68. The molecule has 3 N–H and O–H groups in total. The Morgan fingerprint density at radius 1 is 1.41 bits per heavy atom. The zero-order valence-electron chi connectivity index (χ0n) is 11.1. The van der Waals surface area contributed by atoms with E-state index in [4.69, 9.17) is 10.8 Å². The van der Waals surface area contributed by atoms with Crippen LogP contribution in [-0.4, -0.2) is 40.6 Å². The highest BCUT2D eigenvalue weighted by atomic mass is 16.3.